The molecule has 8 heteroatoms. The van der Waals surface area contributed by atoms with Crippen LogP contribution < -0.4 is 10.5 Å². The van der Waals surface area contributed by atoms with Crippen molar-refractivity contribution >= 4 is 48.9 Å². The third kappa shape index (κ3) is 3.23. The van der Waals surface area contributed by atoms with Crippen LogP contribution in [-0.4, -0.2) is 8.42 Å². The molecule has 2 rings (SSSR count). The maximum absolute atomic E-state index is 13.0. The minimum Gasteiger partial charge on any atom is -0.398 e. The van der Waals surface area contributed by atoms with Crippen molar-refractivity contribution in [3.8, 4) is 0 Å². The van der Waals surface area contributed by atoms with E-state index in [1.54, 1.807) is 6.07 Å². The molecule has 0 aliphatic rings. The zero-order chi connectivity index (χ0) is 14.9. The first-order valence-corrected chi connectivity index (χ1v) is 7.98. The first kappa shape index (κ1) is 15.1. The Balaban J connectivity index is 2.41. The highest BCUT2D eigenvalue weighted by Crippen LogP contribution is 2.29. The summed E-state index contributed by atoms with van der Waals surface area (Å²) in [6, 6.07) is 7.68. The predicted octanol–water partition coefficient (Wildman–Crippen LogP) is 3.62. The van der Waals surface area contributed by atoms with Gasteiger partial charge in [0.15, 0.2) is 0 Å². The average molecular weight is 380 g/mol. The molecule has 0 spiro atoms. The Morgan fingerprint density at radius 1 is 1.20 bits per heavy atom. The van der Waals surface area contributed by atoms with E-state index < -0.39 is 15.8 Å². The zero-order valence-corrected chi connectivity index (χ0v) is 13.1. The third-order valence-electron chi connectivity index (χ3n) is 2.44. The summed E-state index contributed by atoms with van der Waals surface area (Å²) in [5, 5.41) is 0.459. The lowest BCUT2D eigenvalue weighted by molar-refractivity contribution is 0.600. The van der Waals surface area contributed by atoms with Crippen LogP contribution in [0.25, 0.3) is 0 Å². The van der Waals surface area contributed by atoms with Gasteiger partial charge < -0.3 is 5.73 Å². The van der Waals surface area contributed by atoms with Gasteiger partial charge in [-0.05, 0) is 52.3 Å². The summed E-state index contributed by atoms with van der Waals surface area (Å²) in [6.45, 7) is 0. The van der Waals surface area contributed by atoms with Gasteiger partial charge in [0.2, 0.25) is 0 Å². The van der Waals surface area contributed by atoms with Gasteiger partial charge in [0, 0.05) is 9.50 Å². The predicted molar refractivity (Wildman–Crippen MR) is 80.8 cm³/mol. The Labute approximate surface area is 128 Å². The Morgan fingerprint density at radius 3 is 2.50 bits per heavy atom. The van der Waals surface area contributed by atoms with E-state index in [9.17, 15) is 12.8 Å². The summed E-state index contributed by atoms with van der Waals surface area (Å²) >= 11 is 8.98. The summed E-state index contributed by atoms with van der Waals surface area (Å²) < 4.78 is 40.2. The highest BCUT2D eigenvalue weighted by molar-refractivity contribution is 9.10. The molecular formula is C12H9BrClFN2O2S. The number of hydrogen-bond donors (Lipinski definition) is 2. The number of nitrogen functional groups attached to an aromatic ring is 1. The molecule has 4 nitrogen and oxygen atoms in total. The molecule has 0 aromatic heterocycles. The molecule has 20 heavy (non-hydrogen) atoms. The summed E-state index contributed by atoms with van der Waals surface area (Å²) in [5.74, 6) is -0.603. The largest absolute Gasteiger partial charge is 0.398 e. The van der Waals surface area contributed by atoms with E-state index in [0.717, 1.165) is 18.2 Å². The summed E-state index contributed by atoms with van der Waals surface area (Å²) in [4.78, 5) is -0.194. The molecule has 106 valence electrons. The fraction of sp³-hybridized carbons (Fsp3) is 0. The molecule has 0 fully saturated rings. The van der Waals surface area contributed by atoms with Crippen LogP contribution in [0.5, 0.6) is 0 Å². The zero-order valence-electron chi connectivity index (χ0n) is 9.90. The Kier molecular flexibility index (Phi) is 4.22. The maximum Gasteiger partial charge on any atom is 0.263 e. The molecule has 2 aromatic carbocycles. The Bertz CT molecular complexity index is 768. The van der Waals surface area contributed by atoms with Crippen LogP contribution in [0.3, 0.4) is 0 Å². The lowest BCUT2D eigenvalue weighted by atomic mass is 10.3. The molecular weight excluding hydrogens is 371 g/mol. The summed E-state index contributed by atoms with van der Waals surface area (Å²) in [5.41, 5.74) is 5.67. The molecule has 0 saturated heterocycles. The normalized spacial score (nSPS) is 11.3. The molecule has 0 radical (unpaired) electrons. The Morgan fingerprint density at radius 2 is 1.90 bits per heavy atom. The van der Waals surface area contributed by atoms with E-state index >= 15 is 0 Å². The van der Waals surface area contributed by atoms with Crippen LogP contribution in [0.2, 0.25) is 5.02 Å². The number of benzene rings is 2. The summed E-state index contributed by atoms with van der Waals surface area (Å²) in [6.07, 6.45) is 0. The fourth-order valence-corrected chi connectivity index (χ4v) is 3.64. The SMILES string of the molecule is Nc1cc(F)ccc1S(=O)(=O)Nc1ccc(Cl)cc1Br. The van der Waals surface area contributed by atoms with Crippen LogP contribution >= 0.6 is 27.5 Å². The van der Waals surface area contributed by atoms with E-state index in [4.69, 9.17) is 17.3 Å². The third-order valence-corrected chi connectivity index (χ3v) is 4.77. The topological polar surface area (TPSA) is 72.2 Å². The van der Waals surface area contributed by atoms with Gasteiger partial charge >= 0.3 is 0 Å². The molecule has 0 atom stereocenters. The number of sulfonamides is 1. The molecule has 0 saturated carbocycles. The lowest BCUT2D eigenvalue weighted by Gasteiger charge is -2.11. The molecule has 0 aliphatic carbocycles. The molecule has 0 heterocycles. The number of nitrogens with two attached hydrogens (primary N) is 1. The molecule has 3 N–H and O–H groups in total. The quantitative estimate of drug-likeness (QED) is 0.800. The number of anilines is 2. The second-order valence-electron chi connectivity index (χ2n) is 3.91. The van der Waals surface area contributed by atoms with E-state index in [1.807, 2.05) is 0 Å². The van der Waals surface area contributed by atoms with Gasteiger partial charge in [-0.3, -0.25) is 4.72 Å². The van der Waals surface area contributed by atoms with E-state index in [0.29, 0.717) is 15.2 Å². The Hall–Kier alpha value is -1.31. The first-order valence-electron chi connectivity index (χ1n) is 5.32. The van der Waals surface area contributed by atoms with Gasteiger partial charge in [0.1, 0.15) is 10.7 Å². The van der Waals surface area contributed by atoms with E-state index in [2.05, 4.69) is 20.7 Å². The monoisotopic (exact) mass is 378 g/mol. The van der Waals surface area contributed by atoms with Gasteiger partial charge in [-0.2, -0.15) is 0 Å². The highest BCUT2D eigenvalue weighted by atomic mass is 79.9. The van der Waals surface area contributed by atoms with E-state index in [-0.39, 0.29) is 10.6 Å². The summed E-state index contributed by atoms with van der Waals surface area (Å²) in [7, 11) is -3.91. The van der Waals surface area contributed by atoms with Gasteiger partial charge in [-0.15, -0.1) is 0 Å². The van der Waals surface area contributed by atoms with Gasteiger partial charge in [0.25, 0.3) is 10.0 Å². The van der Waals surface area contributed by atoms with Crippen LogP contribution in [0.1, 0.15) is 0 Å². The highest BCUT2D eigenvalue weighted by Gasteiger charge is 2.19. The van der Waals surface area contributed by atoms with Crippen LogP contribution in [0.4, 0.5) is 15.8 Å². The van der Waals surface area contributed by atoms with Crippen LogP contribution in [-0.2, 0) is 10.0 Å². The maximum atomic E-state index is 13.0. The molecule has 0 amide bonds. The van der Waals surface area contributed by atoms with Crippen molar-refractivity contribution in [3.05, 3.63) is 51.7 Å². The molecule has 0 bridgehead atoms. The minimum atomic E-state index is -3.91. The van der Waals surface area contributed by atoms with Crippen molar-refractivity contribution in [2.45, 2.75) is 4.90 Å². The van der Waals surface area contributed by atoms with Crippen molar-refractivity contribution in [2.75, 3.05) is 10.5 Å². The second-order valence-corrected chi connectivity index (χ2v) is 6.85. The second kappa shape index (κ2) is 5.59. The first-order chi connectivity index (χ1) is 9.29. The van der Waals surface area contributed by atoms with E-state index in [1.165, 1.54) is 12.1 Å². The van der Waals surface area contributed by atoms with Gasteiger partial charge in [-0.1, -0.05) is 11.6 Å². The fourth-order valence-electron chi connectivity index (χ4n) is 1.54. The number of hydrogen-bond acceptors (Lipinski definition) is 3. The standard InChI is InChI=1S/C12H9BrClFN2O2S/c13-9-5-7(14)1-3-11(9)17-20(18,19)12-4-2-8(15)6-10(12)16/h1-6,17H,16H2. The van der Waals surface area contributed by atoms with Gasteiger partial charge in [0.05, 0.1) is 11.4 Å². The number of rotatable bonds is 3. The molecule has 0 aliphatic heterocycles. The lowest BCUT2D eigenvalue weighted by Crippen LogP contribution is -2.15. The van der Waals surface area contributed by atoms with Crippen LogP contribution in [0.15, 0.2) is 45.8 Å². The number of halogens is 3. The van der Waals surface area contributed by atoms with Crippen molar-refractivity contribution in [1.29, 1.82) is 0 Å². The molecule has 2 aromatic rings. The molecule has 0 unspecified atom stereocenters. The van der Waals surface area contributed by atoms with Crippen molar-refractivity contribution < 1.29 is 12.8 Å². The minimum absolute atomic E-state index is 0.164. The number of nitrogens with one attached hydrogen (secondary N) is 1. The van der Waals surface area contributed by atoms with Crippen LogP contribution in [0, 0.1) is 5.82 Å². The van der Waals surface area contributed by atoms with Crippen molar-refractivity contribution in [3.63, 3.8) is 0 Å². The average Bonchev–Trinajstić information content (AvgIpc) is 2.32. The van der Waals surface area contributed by atoms with Crippen molar-refractivity contribution in [2.24, 2.45) is 0 Å². The smallest absolute Gasteiger partial charge is 0.263 e. The van der Waals surface area contributed by atoms with Crippen molar-refractivity contribution in [1.82, 2.24) is 0 Å². The van der Waals surface area contributed by atoms with Gasteiger partial charge in [-0.25, -0.2) is 12.8 Å².